The third-order valence-electron chi connectivity index (χ3n) is 0.523. The first kappa shape index (κ1) is 10.6. The number of rotatable bonds is 0. The average Bonchev–Trinajstić information content (AvgIpc) is 1.76. The van der Waals surface area contributed by atoms with Gasteiger partial charge in [0.15, 0.2) is 0 Å². The second-order valence-electron chi connectivity index (χ2n) is 0.918. The van der Waals surface area contributed by atoms with E-state index in [0.717, 1.165) is 6.42 Å². The predicted octanol–water partition coefficient (Wildman–Crippen LogP) is -4.88. The minimum absolute atomic E-state index is 0. The van der Waals surface area contributed by atoms with Gasteiger partial charge >= 0.3 is 37.7 Å². The molecule has 1 aliphatic rings. The Kier molecular flexibility index (Phi) is 10.1. The zero-order valence-corrected chi connectivity index (χ0v) is 4.86. The topological polar surface area (TPSA) is 0 Å². The van der Waals surface area contributed by atoms with E-state index in [0.29, 0.717) is 0 Å². The molecule has 7 heavy (non-hydrogen) atoms. The third-order valence-corrected chi connectivity index (χ3v) is 0.523. The summed E-state index contributed by atoms with van der Waals surface area (Å²) >= 11 is 0. The van der Waals surface area contributed by atoms with Crippen LogP contribution in [-0.2, 0) is 0 Å². The molecule has 0 fully saturated rings. The minimum atomic E-state index is 0. The van der Waals surface area contributed by atoms with Gasteiger partial charge in [0.25, 0.3) is 0 Å². The Morgan fingerprint density at radius 3 is 1.57 bits per heavy atom. The monoisotopic (exact) mass is 78.1 g/mol. The molecule has 0 aromatic heterocycles. The van der Waals surface area contributed by atoms with Gasteiger partial charge in [0.1, 0.15) is 0 Å². The van der Waals surface area contributed by atoms with Crippen molar-refractivity contribution in [2.75, 3.05) is 0 Å². The summed E-state index contributed by atoms with van der Waals surface area (Å²) in [5.74, 6) is 0. The molecule has 2 heteroatoms. The maximum atomic E-state index is 2.93. The van der Waals surface area contributed by atoms with E-state index in [2.05, 4.69) is 12.2 Å². The van der Waals surface area contributed by atoms with Gasteiger partial charge in [-0.1, -0.05) is 0 Å². The fourth-order valence-electron chi connectivity index (χ4n) is 0.295. The Morgan fingerprint density at radius 1 is 1.00 bits per heavy atom. The van der Waals surface area contributed by atoms with E-state index in [4.69, 9.17) is 0 Å². The van der Waals surface area contributed by atoms with Crippen molar-refractivity contribution < 1.29 is 37.7 Å². The molecule has 0 aliphatic heterocycles. The molecule has 0 amide bonds. The molecule has 1 rings (SSSR count). The maximum Gasteiger partial charge on any atom is 1.00 e. The summed E-state index contributed by atoms with van der Waals surface area (Å²) in [6, 6.07) is 0. The van der Waals surface area contributed by atoms with Crippen LogP contribution >= 0.6 is 0 Å². The molecule has 0 bridgehead atoms. The number of hydrogen-bond acceptors (Lipinski definition) is 0. The van der Waals surface area contributed by atoms with Gasteiger partial charge < -0.3 is 24.3 Å². The molecule has 0 saturated heterocycles. The van der Waals surface area contributed by atoms with Gasteiger partial charge in [-0.25, -0.2) is 6.42 Å². The smallest absolute Gasteiger partial charge is 0.392 e. The van der Waals surface area contributed by atoms with Crippen LogP contribution in [0.2, 0.25) is 0 Å². The van der Waals surface area contributed by atoms with Crippen LogP contribution in [0.3, 0.4) is 0 Å². The number of hydrogen-bond donors (Lipinski definition) is 0. The normalized spacial score (nSPS) is 12.6. The van der Waals surface area contributed by atoms with Crippen molar-refractivity contribution >= 4 is 0 Å². The van der Waals surface area contributed by atoms with Crippen molar-refractivity contribution in [1.29, 1.82) is 0 Å². The summed E-state index contributed by atoms with van der Waals surface area (Å²) < 4.78 is 0. The van der Waals surface area contributed by atoms with Gasteiger partial charge in [-0.3, -0.25) is 0 Å². The van der Waals surface area contributed by atoms with Crippen LogP contribution in [0.1, 0.15) is 6.42 Å². The Balaban J connectivity index is 0. The summed E-state index contributed by atoms with van der Waals surface area (Å²) in [6.07, 6.45) is 10.5. The first-order valence-electron chi connectivity index (χ1n) is 1.62. The second-order valence-corrected chi connectivity index (χ2v) is 0.918. The van der Waals surface area contributed by atoms with Crippen LogP contribution in [0.25, 0.3) is 0 Å². The molecular weight excluding hydrogens is 73.9 g/mol. The van der Waals surface area contributed by atoms with Gasteiger partial charge in [0, 0.05) is 0 Å². The molecule has 0 nitrogen and oxygen atoms in total. The second kappa shape index (κ2) is 6.67. The quantitative estimate of drug-likeness (QED) is 0.201. The van der Waals surface area contributed by atoms with E-state index >= 15 is 0 Å². The summed E-state index contributed by atoms with van der Waals surface area (Å²) in [5.41, 5.74) is 0. The molecule has 0 radical (unpaired) electrons. The van der Waals surface area contributed by atoms with Crippen molar-refractivity contribution in [3.8, 4) is 0 Å². The van der Waals surface area contributed by atoms with Crippen molar-refractivity contribution in [2.24, 2.45) is 0 Å². The van der Waals surface area contributed by atoms with E-state index in [1.165, 1.54) is 0 Å². The van der Waals surface area contributed by atoms with E-state index in [1.807, 2.05) is 12.2 Å². The summed E-state index contributed by atoms with van der Waals surface area (Å²) in [6.45, 7) is 0. The molecule has 1 aliphatic carbocycles. The van der Waals surface area contributed by atoms with Gasteiger partial charge in [-0.05, 0) is 0 Å². The van der Waals surface area contributed by atoms with Gasteiger partial charge in [-0.2, -0.15) is 0 Å². The fourth-order valence-corrected chi connectivity index (χ4v) is 0.295. The van der Waals surface area contributed by atoms with Crippen molar-refractivity contribution in [3.05, 3.63) is 24.3 Å². The Morgan fingerprint density at radius 2 is 1.43 bits per heavy atom. The summed E-state index contributed by atoms with van der Waals surface area (Å²) in [4.78, 5) is 0. The molecule has 26 valence electrons. The summed E-state index contributed by atoms with van der Waals surface area (Å²) in [5, 5.41) is 0. The molecule has 0 spiro atoms. The molecule has 0 aromatic carbocycles. The standard InChI is InChI=1S/C5H4.2Li/c1-2-4-5-3-1;;/h1-2H,5H2;;/q-2;2*+1. The molecule has 0 saturated carbocycles. The molecule has 0 atom stereocenters. The average molecular weight is 78.0 g/mol. The molecule has 0 aromatic rings. The maximum absolute atomic E-state index is 2.93. The summed E-state index contributed by atoms with van der Waals surface area (Å²) in [7, 11) is 0. The van der Waals surface area contributed by atoms with Crippen molar-refractivity contribution in [2.45, 2.75) is 6.42 Å². The first-order valence-corrected chi connectivity index (χ1v) is 1.62. The van der Waals surface area contributed by atoms with Crippen LogP contribution in [0.15, 0.2) is 12.2 Å². The number of allylic oxidation sites excluding steroid dienone is 4. The van der Waals surface area contributed by atoms with Crippen LogP contribution < -0.4 is 37.7 Å². The molecule has 0 N–H and O–H groups in total. The third kappa shape index (κ3) is 4.53. The Hall–Kier alpha value is 0.675. The zero-order valence-electron chi connectivity index (χ0n) is 4.86. The minimum Gasteiger partial charge on any atom is -0.392 e. The predicted molar refractivity (Wildman–Crippen MR) is 20.2 cm³/mol. The van der Waals surface area contributed by atoms with E-state index in [-0.39, 0.29) is 37.7 Å². The van der Waals surface area contributed by atoms with Gasteiger partial charge in [0.2, 0.25) is 0 Å². The van der Waals surface area contributed by atoms with Crippen LogP contribution in [0.5, 0.6) is 0 Å². The van der Waals surface area contributed by atoms with Crippen LogP contribution in [-0.4, -0.2) is 0 Å². The first-order chi connectivity index (χ1) is 2.50. The Labute approximate surface area is 68.4 Å². The fraction of sp³-hybridized carbons (Fsp3) is 0.200. The van der Waals surface area contributed by atoms with Crippen molar-refractivity contribution in [3.63, 3.8) is 0 Å². The van der Waals surface area contributed by atoms with Gasteiger partial charge in [0.05, 0.1) is 0 Å². The van der Waals surface area contributed by atoms with E-state index in [9.17, 15) is 0 Å². The van der Waals surface area contributed by atoms with Gasteiger partial charge in [-0.15, -0.1) is 0 Å². The Bertz CT molecular complexity index is 64.1. The zero-order chi connectivity index (χ0) is 3.54. The van der Waals surface area contributed by atoms with E-state index < -0.39 is 0 Å². The SMILES string of the molecule is [C-]1=CC=[C-]C1.[Li+].[Li+]. The van der Waals surface area contributed by atoms with Crippen molar-refractivity contribution in [1.82, 2.24) is 0 Å². The molecule has 0 unspecified atom stereocenters. The van der Waals surface area contributed by atoms with E-state index in [1.54, 1.807) is 0 Å². The largest absolute Gasteiger partial charge is 1.00 e. The van der Waals surface area contributed by atoms with Crippen LogP contribution in [0.4, 0.5) is 0 Å². The van der Waals surface area contributed by atoms with Crippen LogP contribution in [0, 0.1) is 12.2 Å². The molecular formula is C5H4Li2. The molecule has 0 heterocycles.